The van der Waals surface area contributed by atoms with E-state index in [1.807, 2.05) is 0 Å². The molecular formula is C12H19N3O3. The van der Waals surface area contributed by atoms with Crippen LogP contribution in [-0.2, 0) is 14.4 Å². The Morgan fingerprint density at radius 2 is 1.94 bits per heavy atom. The van der Waals surface area contributed by atoms with Crippen LogP contribution in [0.4, 0.5) is 0 Å². The van der Waals surface area contributed by atoms with Crippen molar-refractivity contribution in [2.45, 2.75) is 50.6 Å². The summed E-state index contributed by atoms with van der Waals surface area (Å²) in [6.07, 6.45) is 4.45. The van der Waals surface area contributed by atoms with Crippen molar-refractivity contribution in [1.29, 1.82) is 0 Å². The minimum absolute atomic E-state index is 0.0387. The van der Waals surface area contributed by atoms with Gasteiger partial charge in [0.05, 0.1) is 0 Å². The van der Waals surface area contributed by atoms with Crippen LogP contribution in [0, 0.1) is 0 Å². The number of carbonyl (C=O) groups is 3. The van der Waals surface area contributed by atoms with E-state index >= 15 is 0 Å². The summed E-state index contributed by atoms with van der Waals surface area (Å²) in [6.45, 7) is 0.663. The van der Waals surface area contributed by atoms with Gasteiger partial charge in [-0.25, -0.2) is 0 Å². The van der Waals surface area contributed by atoms with Crippen LogP contribution in [0.25, 0.3) is 0 Å². The predicted octanol–water partition coefficient (Wildman–Crippen LogP) is -0.560. The molecule has 6 heteroatoms. The lowest BCUT2D eigenvalue weighted by atomic mass is 10.0. The average Bonchev–Trinajstić information content (AvgIpc) is 2.99. The van der Waals surface area contributed by atoms with Gasteiger partial charge in [0.25, 0.3) is 0 Å². The molecule has 2 rings (SSSR count). The first-order chi connectivity index (χ1) is 8.65. The molecule has 0 aliphatic carbocycles. The van der Waals surface area contributed by atoms with Gasteiger partial charge in [-0.2, -0.15) is 0 Å². The van der Waals surface area contributed by atoms with E-state index in [-0.39, 0.29) is 29.8 Å². The van der Waals surface area contributed by atoms with E-state index in [4.69, 9.17) is 0 Å². The van der Waals surface area contributed by atoms with Crippen molar-refractivity contribution in [1.82, 2.24) is 16.0 Å². The maximum absolute atomic E-state index is 11.4. The number of unbranched alkanes of at least 4 members (excludes halogenated alkanes) is 1. The molecule has 0 bridgehead atoms. The Labute approximate surface area is 106 Å². The first-order valence-corrected chi connectivity index (χ1v) is 6.51. The molecule has 18 heavy (non-hydrogen) atoms. The van der Waals surface area contributed by atoms with Crippen LogP contribution in [0.1, 0.15) is 38.5 Å². The van der Waals surface area contributed by atoms with E-state index in [2.05, 4.69) is 16.0 Å². The van der Waals surface area contributed by atoms with E-state index < -0.39 is 0 Å². The number of rotatable bonds is 8. The predicted molar refractivity (Wildman–Crippen MR) is 64.6 cm³/mol. The van der Waals surface area contributed by atoms with Gasteiger partial charge in [-0.15, -0.1) is 0 Å². The third-order valence-corrected chi connectivity index (χ3v) is 3.31. The molecule has 2 aliphatic rings. The van der Waals surface area contributed by atoms with Crippen LogP contribution in [0.15, 0.2) is 0 Å². The standard InChI is InChI=1S/C12H19N3O3/c16-10(5-4-8-7-11(17)14-8)13-6-2-1-3-9-12(18)15-9/h8-9H,1-7H2,(H,13,16)(H,14,17)(H,15,18). The minimum Gasteiger partial charge on any atom is -0.356 e. The molecule has 2 aliphatic heterocycles. The fourth-order valence-corrected chi connectivity index (χ4v) is 2.03. The van der Waals surface area contributed by atoms with Gasteiger partial charge in [0.15, 0.2) is 0 Å². The fraction of sp³-hybridized carbons (Fsp3) is 0.750. The second-order valence-corrected chi connectivity index (χ2v) is 4.91. The lowest BCUT2D eigenvalue weighted by Gasteiger charge is -2.26. The van der Waals surface area contributed by atoms with E-state index in [0.29, 0.717) is 19.4 Å². The average molecular weight is 253 g/mol. The normalized spacial score (nSPS) is 24.9. The molecule has 0 radical (unpaired) electrons. The first-order valence-electron chi connectivity index (χ1n) is 6.51. The molecule has 0 aromatic heterocycles. The van der Waals surface area contributed by atoms with E-state index in [1.54, 1.807) is 0 Å². The third-order valence-electron chi connectivity index (χ3n) is 3.31. The summed E-state index contributed by atoms with van der Waals surface area (Å²) in [6, 6.07) is 0.262. The van der Waals surface area contributed by atoms with E-state index in [0.717, 1.165) is 25.7 Å². The summed E-state index contributed by atoms with van der Waals surface area (Å²) in [5.41, 5.74) is 0. The Morgan fingerprint density at radius 3 is 2.56 bits per heavy atom. The van der Waals surface area contributed by atoms with Crippen LogP contribution in [0.2, 0.25) is 0 Å². The second-order valence-electron chi connectivity index (χ2n) is 4.91. The highest BCUT2D eigenvalue weighted by Gasteiger charge is 2.32. The summed E-state index contributed by atoms with van der Waals surface area (Å²) in [5.74, 6) is 0.252. The van der Waals surface area contributed by atoms with Crippen LogP contribution in [0.5, 0.6) is 0 Å². The van der Waals surface area contributed by atoms with E-state index in [1.165, 1.54) is 0 Å². The molecule has 2 unspecified atom stereocenters. The van der Waals surface area contributed by atoms with Crippen molar-refractivity contribution in [2.75, 3.05) is 6.54 Å². The molecule has 0 aromatic carbocycles. The lowest BCUT2D eigenvalue weighted by molar-refractivity contribution is -0.129. The Hall–Kier alpha value is -1.59. The molecule has 0 spiro atoms. The smallest absolute Gasteiger partial charge is 0.243 e. The van der Waals surface area contributed by atoms with Gasteiger partial charge in [0, 0.05) is 25.4 Å². The maximum Gasteiger partial charge on any atom is 0.243 e. The molecular weight excluding hydrogens is 234 g/mol. The van der Waals surface area contributed by atoms with Crippen LogP contribution in [-0.4, -0.2) is 36.3 Å². The monoisotopic (exact) mass is 253 g/mol. The zero-order chi connectivity index (χ0) is 13.0. The van der Waals surface area contributed by atoms with Gasteiger partial charge in [-0.05, 0) is 25.7 Å². The first kappa shape index (κ1) is 12.9. The number of hydrogen-bond donors (Lipinski definition) is 3. The van der Waals surface area contributed by atoms with Crippen molar-refractivity contribution < 1.29 is 14.4 Å². The number of hydrogen-bond acceptors (Lipinski definition) is 3. The quantitative estimate of drug-likeness (QED) is 0.307. The van der Waals surface area contributed by atoms with Gasteiger partial charge >= 0.3 is 0 Å². The SMILES string of the molecule is O=C(CCC1CC(=O)N1)NCCCCC1NC1=O. The Bertz CT molecular complexity index is 348. The molecule has 100 valence electrons. The van der Waals surface area contributed by atoms with Crippen molar-refractivity contribution in [3.05, 3.63) is 0 Å². The van der Waals surface area contributed by atoms with Gasteiger partial charge in [-0.3, -0.25) is 14.4 Å². The number of nitrogens with one attached hydrogen (secondary N) is 3. The molecule has 2 saturated heterocycles. The molecule has 2 heterocycles. The Balaban J connectivity index is 1.40. The fourth-order valence-electron chi connectivity index (χ4n) is 2.03. The van der Waals surface area contributed by atoms with Gasteiger partial charge in [-0.1, -0.05) is 0 Å². The number of carbonyl (C=O) groups excluding carboxylic acids is 3. The lowest BCUT2D eigenvalue weighted by Crippen LogP contribution is -2.48. The summed E-state index contributed by atoms with van der Waals surface area (Å²) in [4.78, 5) is 32.7. The molecule has 3 amide bonds. The zero-order valence-electron chi connectivity index (χ0n) is 10.3. The summed E-state index contributed by atoms with van der Waals surface area (Å²) >= 11 is 0. The molecule has 0 aromatic rings. The highest BCUT2D eigenvalue weighted by Crippen LogP contribution is 2.11. The molecule has 0 saturated carbocycles. The molecule has 6 nitrogen and oxygen atoms in total. The second kappa shape index (κ2) is 5.84. The minimum atomic E-state index is 0.0387. The van der Waals surface area contributed by atoms with Crippen molar-refractivity contribution in [3.8, 4) is 0 Å². The highest BCUT2D eigenvalue weighted by atomic mass is 16.2. The highest BCUT2D eigenvalue weighted by molar-refractivity contribution is 5.96. The van der Waals surface area contributed by atoms with Gasteiger partial charge in [0.1, 0.15) is 6.04 Å². The third kappa shape index (κ3) is 4.01. The number of amides is 3. The van der Waals surface area contributed by atoms with Crippen LogP contribution in [0.3, 0.4) is 0 Å². The summed E-state index contributed by atoms with van der Waals surface area (Å²) in [7, 11) is 0. The Kier molecular flexibility index (Phi) is 4.17. The van der Waals surface area contributed by atoms with Gasteiger partial charge in [0.2, 0.25) is 17.7 Å². The largest absolute Gasteiger partial charge is 0.356 e. The van der Waals surface area contributed by atoms with E-state index in [9.17, 15) is 14.4 Å². The van der Waals surface area contributed by atoms with Crippen LogP contribution < -0.4 is 16.0 Å². The Morgan fingerprint density at radius 1 is 1.22 bits per heavy atom. The van der Waals surface area contributed by atoms with Crippen molar-refractivity contribution >= 4 is 17.7 Å². The van der Waals surface area contributed by atoms with Crippen LogP contribution >= 0.6 is 0 Å². The summed E-state index contributed by atoms with van der Waals surface area (Å²) < 4.78 is 0. The topological polar surface area (TPSA) is 97.2 Å². The van der Waals surface area contributed by atoms with Gasteiger partial charge < -0.3 is 16.0 Å². The number of β-lactam (4-membered cyclic amide) rings is 1. The maximum atomic E-state index is 11.4. The molecule has 2 atom stereocenters. The molecule has 2 fully saturated rings. The summed E-state index contributed by atoms with van der Waals surface area (Å²) in [5, 5.41) is 8.31. The zero-order valence-corrected chi connectivity index (χ0v) is 10.3. The van der Waals surface area contributed by atoms with Crippen molar-refractivity contribution in [2.24, 2.45) is 0 Å². The molecule has 3 N–H and O–H groups in total. The van der Waals surface area contributed by atoms with Crippen molar-refractivity contribution in [3.63, 3.8) is 0 Å².